The Morgan fingerprint density at radius 3 is 2.48 bits per heavy atom. The summed E-state index contributed by atoms with van der Waals surface area (Å²) < 4.78 is 11.4. The van der Waals surface area contributed by atoms with E-state index in [0.29, 0.717) is 30.3 Å². The van der Waals surface area contributed by atoms with Crippen molar-refractivity contribution in [3.63, 3.8) is 0 Å². The second-order valence-corrected chi connectivity index (χ2v) is 5.99. The molecule has 7 heteroatoms. The normalized spacial score (nSPS) is 11.0. The maximum atomic E-state index is 11.3. The molecule has 27 heavy (non-hydrogen) atoms. The quantitative estimate of drug-likeness (QED) is 0.669. The van der Waals surface area contributed by atoms with Crippen molar-refractivity contribution in [3.8, 4) is 11.5 Å². The molecule has 0 aliphatic carbocycles. The fourth-order valence-electron chi connectivity index (χ4n) is 2.31. The van der Waals surface area contributed by atoms with Crippen molar-refractivity contribution in [2.45, 2.75) is 20.5 Å². The van der Waals surface area contributed by atoms with Crippen LogP contribution in [-0.2, 0) is 16.2 Å². The van der Waals surface area contributed by atoms with Crippen LogP contribution < -0.4 is 14.8 Å². The van der Waals surface area contributed by atoms with Crippen LogP contribution in [0.1, 0.15) is 25.0 Å². The Morgan fingerprint density at radius 1 is 1.19 bits per heavy atom. The second kappa shape index (κ2) is 9.64. The van der Waals surface area contributed by atoms with E-state index in [0.717, 1.165) is 5.56 Å². The smallest absolute Gasteiger partial charge is 0.352 e. The standard InChI is InChI=1S/C20H20ClNO5/c1-3-26-18-11-15(10-17(20(24)25)22-13(2)23)9-16(21)19(18)27-12-14-7-5-4-6-8-14/h4-11H,3,12H2,1-2H3,(H,22,23)(H,24,25). The van der Waals surface area contributed by atoms with Crippen LogP contribution >= 0.6 is 11.6 Å². The van der Waals surface area contributed by atoms with E-state index in [1.807, 2.05) is 37.3 Å². The molecule has 0 aliphatic heterocycles. The van der Waals surface area contributed by atoms with Gasteiger partial charge in [0, 0.05) is 6.92 Å². The molecular weight excluding hydrogens is 370 g/mol. The molecule has 0 atom stereocenters. The van der Waals surface area contributed by atoms with Crippen LogP contribution in [0.25, 0.3) is 6.08 Å². The van der Waals surface area contributed by atoms with Crippen LogP contribution in [0.15, 0.2) is 48.2 Å². The Bertz CT molecular complexity index is 849. The number of ether oxygens (including phenoxy) is 2. The third-order valence-corrected chi connectivity index (χ3v) is 3.69. The summed E-state index contributed by atoms with van der Waals surface area (Å²) in [6.07, 6.45) is 1.30. The minimum Gasteiger partial charge on any atom is -0.490 e. The number of aliphatic carboxylic acids is 1. The Kier molecular flexibility index (Phi) is 7.25. The Balaban J connectivity index is 2.34. The first-order chi connectivity index (χ1) is 12.9. The lowest BCUT2D eigenvalue weighted by Crippen LogP contribution is -2.24. The first-order valence-electron chi connectivity index (χ1n) is 8.26. The zero-order valence-electron chi connectivity index (χ0n) is 15.0. The number of halogens is 1. The van der Waals surface area contributed by atoms with Gasteiger partial charge >= 0.3 is 5.97 Å². The maximum Gasteiger partial charge on any atom is 0.352 e. The highest BCUT2D eigenvalue weighted by molar-refractivity contribution is 6.32. The number of nitrogens with one attached hydrogen (secondary N) is 1. The summed E-state index contributed by atoms with van der Waals surface area (Å²) in [5, 5.41) is 11.8. The van der Waals surface area contributed by atoms with Crippen LogP contribution in [0, 0.1) is 0 Å². The molecule has 1 amide bonds. The average Bonchev–Trinajstić information content (AvgIpc) is 2.61. The van der Waals surface area contributed by atoms with Crippen molar-refractivity contribution in [3.05, 3.63) is 64.3 Å². The highest BCUT2D eigenvalue weighted by Gasteiger charge is 2.15. The summed E-state index contributed by atoms with van der Waals surface area (Å²) in [7, 11) is 0. The summed E-state index contributed by atoms with van der Waals surface area (Å²) in [6.45, 7) is 3.73. The number of carbonyl (C=O) groups excluding carboxylic acids is 1. The maximum absolute atomic E-state index is 11.3. The van der Waals surface area contributed by atoms with Crippen LogP contribution in [0.3, 0.4) is 0 Å². The van der Waals surface area contributed by atoms with Gasteiger partial charge in [0.2, 0.25) is 5.91 Å². The van der Waals surface area contributed by atoms with Gasteiger partial charge in [0.05, 0.1) is 11.6 Å². The average molecular weight is 390 g/mol. The van der Waals surface area contributed by atoms with Crippen LogP contribution in [0.2, 0.25) is 5.02 Å². The number of amides is 1. The molecule has 0 saturated heterocycles. The van der Waals surface area contributed by atoms with E-state index in [4.69, 9.17) is 21.1 Å². The van der Waals surface area contributed by atoms with E-state index in [1.165, 1.54) is 13.0 Å². The van der Waals surface area contributed by atoms with Gasteiger partial charge in [0.15, 0.2) is 11.5 Å². The number of rotatable bonds is 8. The van der Waals surface area contributed by atoms with Crippen LogP contribution in [0.4, 0.5) is 0 Å². The fourth-order valence-corrected chi connectivity index (χ4v) is 2.59. The van der Waals surface area contributed by atoms with Gasteiger partial charge in [-0.15, -0.1) is 0 Å². The third-order valence-electron chi connectivity index (χ3n) is 3.41. The molecule has 0 aromatic heterocycles. The molecular formula is C20H20ClNO5. The van der Waals surface area contributed by atoms with Crippen molar-refractivity contribution in [2.75, 3.05) is 6.61 Å². The number of carbonyl (C=O) groups is 2. The highest BCUT2D eigenvalue weighted by Crippen LogP contribution is 2.37. The molecule has 0 bridgehead atoms. The predicted molar refractivity (Wildman–Crippen MR) is 103 cm³/mol. The fraction of sp³-hybridized carbons (Fsp3) is 0.200. The van der Waals surface area contributed by atoms with E-state index in [2.05, 4.69) is 5.32 Å². The van der Waals surface area contributed by atoms with Gasteiger partial charge in [-0.3, -0.25) is 4.79 Å². The van der Waals surface area contributed by atoms with E-state index >= 15 is 0 Å². The monoisotopic (exact) mass is 389 g/mol. The van der Waals surface area contributed by atoms with E-state index in [1.54, 1.807) is 12.1 Å². The first kappa shape index (κ1) is 20.3. The molecule has 2 N–H and O–H groups in total. The first-order valence-corrected chi connectivity index (χ1v) is 8.64. The molecule has 0 fully saturated rings. The van der Waals surface area contributed by atoms with E-state index in [9.17, 15) is 14.7 Å². The lowest BCUT2D eigenvalue weighted by Gasteiger charge is -2.15. The molecule has 6 nitrogen and oxygen atoms in total. The highest BCUT2D eigenvalue weighted by atomic mass is 35.5. The van der Waals surface area contributed by atoms with Gasteiger partial charge in [-0.25, -0.2) is 4.79 Å². The molecule has 0 saturated carbocycles. The van der Waals surface area contributed by atoms with Gasteiger partial charge in [-0.2, -0.15) is 0 Å². The SMILES string of the molecule is CCOc1cc(C=C(NC(C)=O)C(=O)O)cc(Cl)c1OCc1ccccc1. The Hall–Kier alpha value is -2.99. The number of benzene rings is 2. The van der Waals surface area contributed by atoms with Crippen LogP contribution in [-0.4, -0.2) is 23.6 Å². The number of carboxylic acid groups (broad SMARTS) is 1. The van der Waals surface area contributed by atoms with Crippen molar-refractivity contribution in [1.82, 2.24) is 5.32 Å². The summed E-state index contributed by atoms with van der Waals surface area (Å²) in [4.78, 5) is 22.5. The Morgan fingerprint density at radius 2 is 1.89 bits per heavy atom. The topological polar surface area (TPSA) is 84.9 Å². The summed E-state index contributed by atoms with van der Waals surface area (Å²) in [6, 6.07) is 12.8. The molecule has 0 unspecified atom stereocenters. The molecule has 2 aromatic carbocycles. The second-order valence-electron chi connectivity index (χ2n) is 5.58. The number of hydrogen-bond donors (Lipinski definition) is 2. The lowest BCUT2D eigenvalue weighted by atomic mass is 10.1. The predicted octanol–water partition coefficient (Wildman–Crippen LogP) is 3.88. The molecule has 0 radical (unpaired) electrons. The van der Waals surface area contributed by atoms with Gasteiger partial charge in [0.1, 0.15) is 12.3 Å². The number of hydrogen-bond acceptors (Lipinski definition) is 4. The largest absolute Gasteiger partial charge is 0.490 e. The van der Waals surface area contributed by atoms with Crippen molar-refractivity contribution < 1.29 is 24.2 Å². The van der Waals surface area contributed by atoms with Gasteiger partial charge in [0.25, 0.3) is 0 Å². The zero-order chi connectivity index (χ0) is 19.8. The van der Waals surface area contributed by atoms with E-state index in [-0.39, 0.29) is 10.7 Å². The summed E-state index contributed by atoms with van der Waals surface area (Å²) >= 11 is 6.34. The molecule has 2 aromatic rings. The third kappa shape index (κ3) is 6.04. The summed E-state index contributed by atoms with van der Waals surface area (Å²) in [5.74, 6) is -0.984. The zero-order valence-corrected chi connectivity index (χ0v) is 15.7. The van der Waals surface area contributed by atoms with Gasteiger partial charge in [-0.05, 0) is 36.3 Å². The van der Waals surface area contributed by atoms with Gasteiger partial charge < -0.3 is 19.9 Å². The summed E-state index contributed by atoms with van der Waals surface area (Å²) in [5.41, 5.74) is 1.17. The van der Waals surface area contributed by atoms with Crippen LogP contribution in [0.5, 0.6) is 11.5 Å². The number of carboxylic acids is 1. The van der Waals surface area contributed by atoms with Gasteiger partial charge in [-0.1, -0.05) is 41.9 Å². The molecule has 0 spiro atoms. The van der Waals surface area contributed by atoms with Crippen molar-refractivity contribution in [1.29, 1.82) is 0 Å². The minimum absolute atomic E-state index is 0.265. The molecule has 142 valence electrons. The molecule has 0 aliphatic rings. The minimum atomic E-state index is -1.26. The molecule has 2 rings (SSSR count). The van der Waals surface area contributed by atoms with Crippen molar-refractivity contribution in [2.24, 2.45) is 0 Å². The van der Waals surface area contributed by atoms with E-state index < -0.39 is 11.9 Å². The lowest BCUT2D eigenvalue weighted by molar-refractivity contribution is -0.134. The van der Waals surface area contributed by atoms with Crippen molar-refractivity contribution >= 4 is 29.6 Å². The Labute approximate surface area is 162 Å². The molecule has 0 heterocycles.